The molecule has 16 heavy (non-hydrogen) atoms. The minimum absolute atomic E-state index is 0.222. The van der Waals surface area contributed by atoms with Crippen LogP contribution in [0.1, 0.15) is 6.92 Å². The van der Waals surface area contributed by atoms with Crippen LogP contribution in [0, 0.1) is 0 Å². The molecular weight excluding hydrogens is 206 g/mol. The second-order valence-corrected chi connectivity index (χ2v) is 3.48. The maximum atomic E-state index is 10.9. The third-order valence-corrected chi connectivity index (χ3v) is 2.08. The summed E-state index contributed by atoms with van der Waals surface area (Å²) in [5, 5.41) is 5.79. The zero-order valence-electron chi connectivity index (χ0n) is 9.49. The summed E-state index contributed by atoms with van der Waals surface area (Å²) >= 11 is 0. The number of carbonyl (C=O) groups is 1. The van der Waals surface area contributed by atoms with Crippen LogP contribution >= 0.6 is 0 Å². The van der Waals surface area contributed by atoms with Crippen molar-refractivity contribution in [3.8, 4) is 0 Å². The van der Waals surface area contributed by atoms with Gasteiger partial charge in [0.2, 0.25) is 0 Å². The third-order valence-electron chi connectivity index (χ3n) is 2.08. The van der Waals surface area contributed by atoms with Crippen molar-refractivity contribution >= 4 is 17.5 Å². The first kappa shape index (κ1) is 12.3. The molecule has 0 saturated heterocycles. The van der Waals surface area contributed by atoms with Crippen LogP contribution in [-0.4, -0.2) is 25.8 Å². The number of amides is 1. The smallest absolute Gasteiger partial charge is 0.411 e. The molecule has 88 valence electrons. The van der Waals surface area contributed by atoms with Crippen LogP contribution in [0.15, 0.2) is 24.3 Å². The fourth-order valence-corrected chi connectivity index (χ4v) is 1.16. The number of ether oxygens (including phenoxy) is 1. The van der Waals surface area contributed by atoms with E-state index in [1.807, 2.05) is 19.1 Å². The Morgan fingerprint density at radius 3 is 2.44 bits per heavy atom. The van der Waals surface area contributed by atoms with Crippen molar-refractivity contribution < 1.29 is 9.53 Å². The quantitative estimate of drug-likeness (QED) is 0.725. The average Bonchev–Trinajstić information content (AvgIpc) is 2.31. The standard InChI is InChI=1S/C11H17N3O2/c1-8(7-12)13-9-3-5-10(6-4-9)14-11(15)16-2/h3-6,8,13H,7,12H2,1-2H3,(H,14,15). The Labute approximate surface area is 95.0 Å². The lowest BCUT2D eigenvalue weighted by Crippen LogP contribution is -2.25. The van der Waals surface area contributed by atoms with Crippen molar-refractivity contribution in [1.82, 2.24) is 0 Å². The fourth-order valence-electron chi connectivity index (χ4n) is 1.16. The second kappa shape index (κ2) is 5.97. The Bertz CT molecular complexity index is 338. The van der Waals surface area contributed by atoms with Gasteiger partial charge in [0.25, 0.3) is 0 Å². The number of hydrogen-bond acceptors (Lipinski definition) is 4. The number of anilines is 2. The number of carbonyl (C=O) groups excluding carboxylic acids is 1. The van der Waals surface area contributed by atoms with E-state index in [1.165, 1.54) is 7.11 Å². The molecule has 0 radical (unpaired) electrons. The van der Waals surface area contributed by atoms with E-state index in [1.54, 1.807) is 12.1 Å². The van der Waals surface area contributed by atoms with Gasteiger partial charge in [0.05, 0.1) is 7.11 Å². The summed E-state index contributed by atoms with van der Waals surface area (Å²) in [5.74, 6) is 0. The van der Waals surface area contributed by atoms with Crippen LogP contribution in [0.25, 0.3) is 0 Å². The minimum Gasteiger partial charge on any atom is -0.453 e. The Balaban J connectivity index is 2.57. The molecule has 1 unspecified atom stereocenters. The van der Waals surface area contributed by atoms with Crippen molar-refractivity contribution in [2.45, 2.75) is 13.0 Å². The summed E-state index contributed by atoms with van der Waals surface area (Å²) in [6.07, 6.45) is -0.476. The molecule has 4 N–H and O–H groups in total. The van der Waals surface area contributed by atoms with Crippen molar-refractivity contribution in [1.29, 1.82) is 0 Å². The molecule has 1 atom stereocenters. The van der Waals surface area contributed by atoms with E-state index in [0.29, 0.717) is 12.2 Å². The third kappa shape index (κ3) is 3.78. The number of benzene rings is 1. The molecule has 1 amide bonds. The molecule has 1 aromatic carbocycles. The predicted molar refractivity (Wildman–Crippen MR) is 64.6 cm³/mol. The fraction of sp³-hybridized carbons (Fsp3) is 0.364. The zero-order valence-corrected chi connectivity index (χ0v) is 9.49. The molecule has 5 heteroatoms. The molecule has 0 fully saturated rings. The van der Waals surface area contributed by atoms with Gasteiger partial charge < -0.3 is 15.8 Å². The van der Waals surface area contributed by atoms with Crippen LogP contribution in [0.3, 0.4) is 0 Å². The first-order valence-corrected chi connectivity index (χ1v) is 5.07. The van der Waals surface area contributed by atoms with E-state index >= 15 is 0 Å². The minimum atomic E-state index is -0.476. The molecule has 1 aromatic rings. The van der Waals surface area contributed by atoms with Gasteiger partial charge >= 0.3 is 6.09 Å². The first-order valence-electron chi connectivity index (χ1n) is 5.07. The molecule has 0 saturated carbocycles. The highest BCUT2D eigenvalue weighted by atomic mass is 16.5. The highest BCUT2D eigenvalue weighted by molar-refractivity contribution is 5.84. The molecule has 0 aliphatic heterocycles. The van der Waals surface area contributed by atoms with Crippen molar-refractivity contribution in [2.75, 3.05) is 24.3 Å². The Hall–Kier alpha value is -1.75. The highest BCUT2D eigenvalue weighted by Gasteiger charge is 2.01. The van der Waals surface area contributed by atoms with E-state index in [2.05, 4.69) is 15.4 Å². The van der Waals surface area contributed by atoms with Gasteiger partial charge in [-0.3, -0.25) is 5.32 Å². The lowest BCUT2D eigenvalue weighted by atomic mass is 10.2. The largest absolute Gasteiger partial charge is 0.453 e. The number of methoxy groups -OCH3 is 1. The Morgan fingerprint density at radius 1 is 1.38 bits per heavy atom. The number of rotatable bonds is 4. The van der Waals surface area contributed by atoms with Gasteiger partial charge in [-0.1, -0.05) is 0 Å². The van der Waals surface area contributed by atoms with E-state index in [9.17, 15) is 4.79 Å². The number of nitrogens with two attached hydrogens (primary N) is 1. The number of hydrogen-bond donors (Lipinski definition) is 3. The van der Waals surface area contributed by atoms with E-state index in [-0.39, 0.29) is 6.04 Å². The maximum Gasteiger partial charge on any atom is 0.411 e. The molecule has 5 nitrogen and oxygen atoms in total. The van der Waals surface area contributed by atoms with Gasteiger partial charge in [-0.25, -0.2) is 4.79 Å². The van der Waals surface area contributed by atoms with Crippen LogP contribution < -0.4 is 16.4 Å². The van der Waals surface area contributed by atoms with E-state index in [4.69, 9.17) is 5.73 Å². The van der Waals surface area contributed by atoms with Gasteiger partial charge in [0.1, 0.15) is 0 Å². The van der Waals surface area contributed by atoms with Gasteiger partial charge in [-0.2, -0.15) is 0 Å². The topological polar surface area (TPSA) is 76.4 Å². The lowest BCUT2D eigenvalue weighted by molar-refractivity contribution is 0.187. The van der Waals surface area contributed by atoms with Crippen LogP contribution in [0.5, 0.6) is 0 Å². The SMILES string of the molecule is COC(=O)Nc1ccc(NC(C)CN)cc1. The van der Waals surface area contributed by atoms with Crippen LogP contribution in [0.4, 0.5) is 16.2 Å². The molecule has 0 heterocycles. The summed E-state index contributed by atoms with van der Waals surface area (Å²) in [6.45, 7) is 2.57. The molecular formula is C11H17N3O2. The zero-order chi connectivity index (χ0) is 12.0. The highest BCUT2D eigenvalue weighted by Crippen LogP contribution is 2.14. The summed E-state index contributed by atoms with van der Waals surface area (Å²) in [5.41, 5.74) is 7.16. The van der Waals surface area contributed by atoms with Crippen molar-refractivity contribution in [3.63, 3.8) is 0 Å². The summed E-state index contributed by atoms with van der Waals surface area (Å²) in [7, 11) is 1.33. The summed E-state index contributed by atoms with van der Waals surface area (Å²) in [6, 6.07) is 7.55. The lowest BCUT2D eigenvalue weighted by Gasteiger charge is -2.13. The van der Waals surface area contributed by atoms with Crippen LogP contribution in [0.2, 0.25) is 0 Å². The van der Waals surface area contributed by atoms with Gasteiger partial charge in [-0.15, -0.1) is 0 Å². The van der Waals surface area contributed by atoms with E-state index in [0.717, 1.165) is 5.69 Å². The van der Waals surface area contributed by atoms with Crippen molar-refractivity contribution in [2.24, 2.45) is 5.73 Å². The molecule has 0 spiro atoms. The number of nitrogens with one attached hydrogen (secondary N) is 2. The Kier molecular flexibility index (Phi) is 4.60. The maximum absolute atomic E-state index is 10.9. The first-order chi connectivity index (χ1) is 7.65. The van der Waals surface area contributed by atoms with Crippen LogP contribution in [-0.2, 0) is 4.74 Å². The molecule has 0 aliphatic carbocycles. The average molecular weight is 223 g/mol. The van der Waals surface area contributed by atoms with Gasteiger partial charge in [0, 0.05) is 24.0 Å². The summed E-state index contributed by atoms with van der Waals surface area (Å²) in [4.78, 5) is 10.9. The molecule has 0 aliphatic rings. The summed E-state index contributed by atoms with van der Waals surface area (Å²) < 4.78 is 4.48. The Morgan fingerprint density at radius 2 is 1.94 bits per heavy atom. The monoisotopic (exact) mass is 223 g/mol. The predicted octanol–water partition coefficient (Wildman–Crippen LogP) is 1.62. The molecule has 0 bridgehead atoms. The van der Waals surface area contributed by atoms with E-state index < -0.39 is 6.09 Å². The van der Waals surface area contributed by atoms with Crippen molar-refractivity contribution in [3.05, 3.63) is 24.3 Å². The molecule has 0 aromatic heterocycles. The normalized spacial score (nSPS) is 11.7. The van der Waals surface area contributed by atoms with Gasteiger partial charge in [0.15, 0.2) is 0 Å². The van der Waals surface area contributed by atoms with Gasteiger partial charge in [-0.05, 0) is 31.2 Å². The molecule has 1 rings (SSSR count). The second-order valence-electron chi connectivity index (χ2n) is 3.48.